The van der Waals surface area contributed by atoms with Crippen LogP contribution in [-0.2, 0) is 16.1 Å². The molecule has 0 bridgehead atoms. The van der Waals surface area contributed by atoms with E-state index in [1.165, 1.54) is 0 Å². The Bertz CT molecular complexity index is 568. The predicted molar refractivity (Wildman–Crippen MR) is 80.7 cm³/mol. The van der Waals surface area contributed by atoms with Gasteiger partial charge >= 0.3 is 0 Å². The van der Waals surface area contributed by atoms with Crippen LogP contribution in [0.3, 0.4) is 0 Å². The molecule has 6 nitrogen and oxygen atoms in total. The summed E-state index contributed by atoms with van der Waals surface area (Å²) in [4.78, 5) is 11.6. The molecular weight excluding hydrogens is 268 g/mol. The molecule has 3 N–H and O–H groups in total. The number of carbonyl (C=O) groups is 1. The number of nitrogens with two attached hydrogens (primary N) is 1. The molecule has 1 heterocycles. The van der Waals surface area contributed by atoms with Crippen molar-refractivity contribution in [2.45, 2.75) is 19.0 Å². The minimum atomic E-state index is -0.589. The molecule has 2 aromatic rings. The second-order valence-electron chi connectivity index (χ2n) is 4.70. The third-order valence-corrected chi connectivity index (χ3v) is 3.09. The molecule has 6 heteroatoms. The minimum absolute atomic E-state index is 0.435. The summed E-state index contributed by atoms with van der Waals surface area (Å²) in [5.41, 5.74) is 6.29. The minimum Gasteiger partial charge on any atom is -0.385 e. The number of aryl methyl sites for hydroxylation is 1. The zero-order chi connectivity index (χ0) is 15.1. The lowest BCUT2D eigenvalue weighted by molar-refractivity contribution is -0.118. The van der Waals surface area contributed by atoms with E-state index < -0.39 is 11.9 Å². The van der Waals surface area contributed by atoms with E-state index in [1.54, 1.807) is 7.11 Å². The van der Waals surface area contributed by atoms with E-state index in [0.29, 0.717) is 12.4 Å². The van der Waals surface area contributed by atoms with Gasteiger partial charge in [-0.15, -0.1) is 0 Å². The summed E-state index contributed by atoms with van der Waals surface area (Å²) in [5, 5.41) is 7.44. The maximum Gasteiger partial charge on any atom is 0.244 e. The van der Waals surface area contributed by atoms with Gasteiger partial charge in [-0.1, -0.05) is 30.3 Å². The molecule has 0 saturated heterocycles. The Kier molecular flexibility index (Phi) is 5.34. The van der Waals surface area contributed by atoms with Crippen LogP contribution < -0.4 is 11.1 Å². The summed E-state index contributed by atoms with van der Waals surface area (Å²) in [5.74, 6) is 0.190. The van der Waals surface area contributed by atoms with Gasteiger partial charge in [0.15, 0.2) is 0 Å². The first-order chi connectivity index (χ1) is 10.2. The Morgan fingerprint density at radius 1 is 1.38 bits per heavy atom. The number of hydrogen-bond acceptors (Lipinski definition) is 4. The van der Waals surface area contributed by atoms with Gasteiger partial charge in [-0.25, -0.2) is 0 Å². The SMILES string of the molecule is COCCCn1ccc(N[C@H](C(N)=O)c2ccccc2)n1. The molecule has 0 fully saturated rings. The molecule has 0 aliphatic carbocycles. The lowest BCUT2D eigenvalue weighted by Gasteiger charge is -2.15. The van der Waals surface area contributed by atoms with Crippen LogP contribution in [-0.4, -0.2) is 29.4 Å². The van der Waals surface area contributed by atoms with E-state index >= 15 is 0 Å². The lowest BCUT2D eigenvalue weighted by Crippen LogP contribution is -2.27. The zero-order valence-electron chi connectivity index (χ0n) is 12.0. The second kappa shape index (κ2) is 7.44. The fraction of sp³-hybridized carbons (Fsp3) is 0.333. The topological polar surface area (TPSA) is 82.2 Å². The molecule has 0 spiro atoms. The molecule has 0 aliphatic rings. The largest absolute Gasteiger partial charge is 0.385 e. The summed E-state index contributed by atoms with van der Waals surface area (Å²) in [6.45, 7) is 1.46. The van der Waals surface area contributed by atoms with Gasteiger partial charge in [0.1, 0.15) is 11.9 Å². The number of aromatic nitrogens is 2. The molecule has 0 aliphatic heterocycles. The summed E-state index contributed by atoms with van der Waals surface area (Å²) >= 11 is 0. The Morgan fingerprint density at radius 3 is 2.81 bits per heavy atom. The van der Waals surface area contributed by atoms with Crippen molar-refractivity contribution in [2.24, 2.45) is 5.73 Å². The molecule has 21 heavy (non-hydrogen) atoms. The van der Waals surface area contributed by atoms with Gasteiger partial charge < -0.3 is 15.8 Å². The quantitative estimate of drug-likeness (QED) is 0.722. The maximum atomic E-state index is 11.6. The van der Waals surface area contributed by atoms with Gasteiger partial charge in [0.05, 0.1) is 0 Å². The van der Waals surface area contributed by atoms with Crippen molar-refractivity contribution < 1.29 is 9.53 Å². The van der Waals surface area contributed by atoms with Crippen LogP contribution in [0.1, 0.15) is 18.0 Å². The Balaban J connectivity index is 2.03. The van der Waals surface area contributed by atoms with Crippen LogP contribution in [0.15, 0.2) is 42.6 Å². The summed E-state index contributed by atoms with van der Waals surface area (Å²) in [6.07, 6.45) is 2.75. The van der Waals surface area contributed by atoms with E-state index in [9.17, 15) is 4.79 Å². The van der Waals surface area contributed by atoms with E-state index in [1.807, 2.05) is 47.3 Å². The zero-order valence-corrected chi connectivity index (χ0v) is 12.0. The lowest BCUT2D eigenvalue weighted by atomic mass is 10.1. The van der Waals surface area contributed by atoms with Crippen LogP contribution in [0.4, 0.5) is 5.82 Å². The molecule has 1 aromatic carbocycles. The van der Waals surface area contributed by atoms with Crippen molar-refractivity contribution >= 4 is 11.7 Å². The van der Waals surface area contributed by atoms with Gasteiger partial charge in [0.2, 0.25) is 5.91 Å². The number of methoxy groups -OCH3 is 1. The predicted octanol–water partition coefficient (Wildman–Crippen LogP) is 1.56. The van der Waals surface area contributed by atoms with Crippen LogP contribution in [0, 0.1) is 0 Å². The fourth-order valence-electron chi connectivity index (χ4n) is 2.05. The molecule has 0 saturated carbocycles. The first-order valence-corrected chi connectivity index (χ1v) is 6.84. The number of carbonyl (C=O) groups excluding carboxylic acids is 1. The normalized spacial score (nSPS) is 12.0. The number of rotatable bonds is 8. The smallest absolute Gasteiger partial charge is 0.244 e. The third kappa shape index (κ3) is 4.32. The van der Waals surface area contributed by atoms with Crippen molar-refractivity contribution in [3.05, 3.63) is 48.2 Å². The highest BCUT2D eigenvalue weighted by molar-refractivity contribution is 5.84. The fourth-order valence-corrected chi connectivity index (χ4v) is 2.05. The number of primary amides is 1. The molecular formula is C15H20N4O2. The molecule has 1 atom stereocenters. The molecule has 1 amide bonds. The van der Waals surface area contributed by atoms with E-state index in [-0.39, 0.29) is 0 Å². The molecule has 0 radical (unpaired) electrons. The number of hydrogen-bond donors (Lipinski definition) is 2. The molecule has 2 rings (SSSR count). The van der Waals surface area contributed by atoms with Crippen LogP contribution in [0.5, 0.6) is 0 Å². The maximum absolute atomic E-state index is 11.6. The standard InChI is InChI=1S/C15H20N4O2/c1-21-11-5-9-19-10-8-13(18-19)17-14(15(16)20)12-6-3-2-4-7-12/h2-4,6-8,10,14H,5,9,11H2,1H3,(H2,16,20)(H,17,18)/t14-/m0/s1. The van der Waals surface area contributed by atoms with E-state index in [2.05, 4.69) is 10.4 Å². The first-order valence-electron chi connectivity index (χ1n) is 6.84. The average molecular weight is 288 g/mol. The van der Waals surface area contributed by atoms with Crippen molar-refractivity contribution in [1.82, 2.24) is 9.78 Å². The van der Waals surface area contributed by atoms with Gasteiger partial charge in [-0.05, 0) is 12.0 Å². The highest BCUT2D eigenvalue weighted by Crippen LogP contribution is 2.17. The van der Waals surface area contributed by atoms with E-state index in [0.717, 1.165) is 18.5 Å². The number of anilines is 1. The van der Waals surface area contributed by atoms with Gasteiger partial charge in [0.25, 0.3) is 0 Å². The first kappa shape index (κ1) is 15.1. The summed E-state index contributed by atoms with van der Waals surface area (Å²) in [6, 6.07) is 10.6. The van der Waals surface area contributed by atoms with Gasteiger partial charge in [-0.3, -0.25) is 9.48 Å². The Hall–Kier alpha value is -2.34. The van der Waals surface area contributed by atoms with Crippen molar-refractivity contribution in [3.8, 4) is 0 Å². The summed E-state index contributed by atoms with van der Waals surface area (Å²) < 4.78 is 6.82. The van der Waals surface area contributed by atoms with Crippen LogP contribution in [0.2, 0.25) is 0 Å². The number of nitrogens with zero attached hydrogens (tertiary/aromatic N) is 2. The second-order valence-corrected chi connectivity index (χ2v) is 4.70. The average Bonchev–Trinajstić information content (AvgIpc) is 2.93. The van der Waals surface area contributed by atoms with Crippen molar-refractivity contribution in [2.75, 3.05) is 19.0 Å². The van der Waals surface area contributed by atoms with Gasteiger partial charge in [0, 0.05) is 32.5 Å². The Labute approximate surface area is 123 Å². The third-order valence-electron chi connectivity index (χ3n) is 3.09. The van der Waals surface area contributed by atoms with E-state index in [4.69, 9.17) is 10.5 Å². The highest BCUT2D eigenvalue weighted by Gasteiger charge is 2.18. The van der Waals surface area contributed by atoms with Gasteiger partial charge in [-0.2, -0.15) is 5.10 Å². The Morgan fingerprint density at radius 2 is 2.14 bits per heavy atom. The monoisotopic (exact) mass is 288 g/mol. The number of ether oxygens (including phenoxy) is 1. The molecule has 0 unspecified atom stereocenters. The highest BCUT2D eigenvalue weighted by atomic mass is 16.5. The van der Waals surface area contributed by atoms with Crippen molar-refractivity contribution in [3.63, 3.8) is 0 Å². The van der Waals surface area contributed by atoms with Crippen LogP contribution >= 0.6 is 0 Å². The number of benzene rings is 1. The molecule has 1 aromatic heterocycles. The number of nitrogens with one attached hydrogen (secondary N) is 1. The van der Waals surface area contributed by atoms with Crippen LogP contribution in [0.25, 0.3) is 0 Å². The summed E-state index contributed by atoms with van der Waals surface area (Å²) in [7, 11) is 1.67. The van der Waals surface area contributed by atoms with Crippen molar-refractivity contribution in [1.29, 1.82) is 0 Å². The number of amides is 1. The molecule has 112 valence electrons.